The smallest absolute Gasteiger partial charge is 0.288 e. The number of hydrogen-bond acceptors (Lipinski definition) is 4. The molecular weight excluding hydrogens is 280 g/mol. The van der Waals surface area contributed by atoms with Crippen molar-refractivity contribution < 1.29 is 9.59 Å². The SMILES string of the molecule is CCN(CC(=O)NNC(=O)c1ccccn1)c1ccccc1. The summed E-state index contributed by atoms with van der Waals surface area (Å²) in [6.07, 6.45) is 1.52. The van der Waals surface area contributed by atoms with Gasteiger partial charge in [0.2, 0.25) is 0 Å². The van der Waals surface area contributed by atoms with E-state index in [1.54, 1.807) is 18.2 Å². The maximum absolute atomic E-state index is 11.9. The molecule has 0 radical (unpaired) electrons. The third-order valence-corrected chi connectivity index (χ3v) is 3.05. The summed E-state index contributed by atoms with van der Waals surface area (Å²) in [5, 5.41) is 0. The van der Waals surface area contributed by atoms with Crippen molar-refractivity contribution in [3.63, 3.8) is 0 Å². The molecule has 0 aliphatic carbocycles. The minimum Gasteiger partial charge on any atom is -0.362 e. The van der Waals surface area contributed by atoms with E-state index in [0.717, 1.165) is 5.69 Å². The van der Waals surface area contributed by atoms with Crippen LogP contribution in [0, 0.1) is 0 Å². The molecule has 0 fully saturated rings. The molecule has 0 bridgehead atoms. The number of anilines is 1. The Kier molecular flexibility index (Phi) is 5.48. The highest BCUT2D eigenvalue weighted by atomic mass is 16.2. The molecule has 114 valence electrons. The Morgan fingerprint density at radius 3 is 2.41 bits per heavy atom. The van der Waals surface area contributed by atoms with Gasteiger partial charge in [0, 0.05) is 18.4 Å². The Bertz CT molecular complexity index is 617. The first-order valence-electron chi connectivity index (χ1n) is 7.01. The highest BCUT2D eigenvalue weighted by Crippen LogP contribution is 2.11. The summed E-state index contributed by atoms with van der Waals surface area (Å²) < 4.78 is 0. The van der Waals surface area contributed by atoms with Crippen molar-refractivity contribution in [1.82, 2.24) is 15.8 Å². The third kappa shape index (κ3) is 4.31. The van der Waals surface area contributed by atoms with Crippen LogP contribution in [0.25, 0.3) is 0 Å². The lowest BCUT2D eigenvalue weighted by atomic mass is 10.3. The predicted octanol–water partition coefficient (Wildman–Crippen LogP) is 1.37. The summed E-state index contributed by atoms with van der Waals surface area (Å²) in [5.74, 6) is -0.744. The van der Waals surface area contributed by atoms with Crippen LogP contribution in [0.5, 0.6) is 0 Å². The first-order chi connectivity index (χ1) is 10.7. The van der Waals surface area contributed by atoms with Gasteiger partial charge in [-0.3, -0.25) is 25.4 Å². The maximum atomic E-state index is 11.9. The second-order valence-corrected chi connectivity index (χ2v) is 4.57. The van der Waals surface area contributed by atoms with E-state index in [0.29, 0.717) is 6.54 Å². The molecular formula is C16H18N4O2. The summed E-state index contributed by atoms with van der Waals surface area (Å²) in [6, 6.07) is 14.6. The topological polar surface area (TPSA) is 74.3 Å². The second kappa shape index (κ2) is 7.78. The fourth-order valence-corrected chi connectivity index (χ4v) is 1.92. The van der Waals surface area contributed by atoms with Crippen LogP contribution in [0.1, 0.15) is 17.4 Å². The van der Waals surface area contributed by atoms with E-state index in [1.165, 1.54) is 6.20 Å². The molecule has 6 nitrogen and oxygen atoms in total. The van der Waals surface area contributed by atoms with Crippen molar-refractivity contribution in [2.45, 2.75) is 6.92 Å². The number of nitrogens with one attached hydrogen (secondary N) is 2. The van der Waals surface area contributed by atoms with Crippen LogP contribution in [-0.4, -0.2) is 29.9 Å². The molecule has 6 heteroatoms. The minimum absolute atomic E-state index is 0.156. The van der Waals surface area contributed by atoms with Crippen molar-refractivity contribution in [3.8, 4) is 0 Å². The number of hydrazine groups is 1. The van der Waals surface area contributed by atoms with Crippen LogP contribution in [-0.2, 0) is 4.79 Å². The van der Waals surface area contributed by atoms with E-state index in [-0.39, 0.29) is 18.1 Å². The summed E-state index contributed by atoms with van der Waals surface area (Å²) in [6.45, 7) is 2.81. The molecule has 2 N–H and O–H groups in total. The largest absolute Gasteiger partial charge is 0.362 e. The Hall–Kier alpha value is -2.89. The number of carbonyl (C=O) groups excluding carboxylic acids is 2. The lowest BCUT2D eigenvalue weighted by Crippen LogP contribution is -2.46. The zero-order chi connectivity index (χ0) is 15.8. The van der Waals surface area contributed by atoms with Crippen molar-refractivity contribution in [3.05, 3.63) is 60.4 Å². The van der Waals surface area contributed by atoms with Crippen molar-refractivity contribution in [1.29, 1.82) is 0 Å². The van der Waals surface area contributed by atoms with E-state index >= 15 is 0 Å². The number of aromatic nitrogens is 1. The predicted molar refractivity (Wildman–Crippen MR) is 84.2 cm³/mol. The van der Waals surface area contributed by atoms with Crippen molar-refractivity contribution >= 4 is 17.5 Å². The molecule has 0 atom stereocenters. The van der Waals surface area contributed by atoms with Gasteiger partial charge in [0.1, 0.15) is 5.69 Å². The monoisotopic (exact) mass is 298 g/mol. The average Bonchev–Trinajstić information content (AvgIpc) is 2.59. The molecule has 2 aromatic rings. The molecule has 0 unspecified atom stereocenters. The van der Waals surface area contributed by atoms with Crippen LogP contribution in [0.3, 0.4) is 0 Å². The number of para-hydroxylation sites is 1. The molecule has 0 saturated carbocycles. The van der Waals surface area contributed by atoms with E-state index in [2.05, 4.69) is 15.8 Å². The lowest BCUT2D eigenvalue weighted by molar-refractivity contribution is -0.120. The molecule has 1 aromatic heterocycles. The Morgan fingerprint density at radius 1 is 1.05 bits per heavy atom. The first-order valence-corrected chi connectivity index (χ1v) is 7.01. The van der Waals surface area contributed by atoms with Crippen LogP contribution < -0.4 is 15.8 Å². The molecule has 0 aliphatic rings. The standard InChI is InChI=1S/C16H18N4O2/c1-2-20(13-8-4-3-5-9-13)12-15(21)18-19-16(22)14-10-6-7-11-17-14/h3-11H,2,12H2,1H3,(H,18,21)(H,19,22). The van der Waals surface area contributed by atoms with Crippen LogP contribution in [0.15, 0.2) is 54.7 Å². The van der Waals surface area contributed by atoms with Gasteiger partial charge >= 0.3 is 0 Å². The van der Waals surface area contributed by atoms with Gasteiger partial charge in [0.25, 0.3) is 11.8 Å². The summed E-state index contributed by atoms with van der Waals surface area (Å²) >= 11 is 0. The molecule has 1 aromatic carbocycles. The molecule has 0 aliphatic heterocycles. The van der Waals surface area contributed by atoms with Gasteiger partial charge in [-0.05, 0) is 31.2 Å². The highest BCUT2D eigenvalue weighted by Gasteiger charge is 2.11. The number of amides is 2. The van der Waals surface area contributed by atoms with E-state index in [1.807, 2.05) is 42.2 Å². The van der Waals surface area contributed by atoms with Gasteiger partial charge in [-0.1, -0.05) is 24.3 Å². The van der Waals surface area contributed by atoms with Gasteiger partial charge in [-0.2, -0.15) is 0 Å². The highest BCUT2D eigenvalue weighted by molar-refractivity contribution is 5.94. The van der Waals surface area contributed by atoms with Gasteiger partial charge in [0.05, 0.1) is 6.54 Å². The van der Waals surface area contributed by atoms with Gasteiger partial charge in [-0.15, -0.1) is 0 Å². The van der Waals surface area contributed by atoms with Crippen LogP contribution >= 0.6 is 0 Å². The third-order valence-electron chi connectivity index (χ3n) is 3.05. The van der Waals surface area contributed by atoms with Gasteiger partial charge in [-0.25, -0.2) is 0 Å². The number of rotatable bonds is 5. The van der Waals surface area contributed by atoms with Gasteiger partial charge < -0.3 is 4.90 Å². The fraction of sp³-hybridized carbons (Fsp3) is 0.188. The number of carbonyl (C=O) groups is 2. The van der Waals surface area contributed by atoms with Crippen LogP contribution in [0.2, 0.25) is 0 Å². The average molecular weight is 298 g/mol. The number of pyridine rings is 1. The number of nitrogens with zero attached hydrogens (tertiary/aromatic N) is 2. The van der Waals surface area contributed by atoms with Gasteiger partial charge in [0.15, 0.2) is 0 Å². The number of likely N-dealkylation sites (N-methyl/N-ethyl adjacent to an activating group) is 1. The molecule has 1 heterocycles. The molecule has 22 heavy (non-hydrogen) atoms. The zero-order valence-corrected chi connectivity index (χ0v) is 12.3. The summed E-state index contributed by atoms with van der Waals surface area (Å²) in [5.41, 5.74) is 5.95. The minimum atomic E-state index is -0.447. The number of benzene rings is 1. The molecule has 2 rings (SSSR count). The normalized spacial score (nSPS) is 9.86. The molecule has 0 saturated heterocycles. The number of hydrogen-bond donors (Lipinski definition) is 2. The second-order valence-electron chi connectivity index (χ2n) is 4.57. The quantitative estimate of drug-likeness (QED) is 0.818. The van der Waals surface area contributed by atoms with Crippen molar-refractivity contribution in [2.24, 2.45) is 0 Å². The molecule has 0 spiro atoms. The van der Waals surface area contributed by atoms with Crippen molar-refractivity contribution in [2.75, 3.05) is 18.0 Å². The zero-order valence-electron chi connectivity index (χ0n) is 12.3. The van der Waals surface area contributed by atoms with E-state index in [9.17, 15) is 9.59 Å². The van der Waals surface area contributed by atoms with Crippen LogP contribution in [0.4, 0.5) is 5.69 Å². The Morgan fingerprint density at radius 2 is 1.77 bits per heavy atom. The summed E-state index contributed by atoms with van der Waals surface area (Å²) in [4.78, 5) is 29.5. The Labute approximate surface area is 129 Å². The Balaban J connectivity index is 1.86. The fourth-order valence-electron chi connectivity index (χ4n) is 1.92. The molecule has 2 amide bonds. The lowest BCUT2D eigenvalue weighted by Gasteiger charge is -2.22. The van der Waals surface area contributed by atoms with E-state index < -0.39 is 5.91 Å². The van der Waals surface area contributed by atoms with E-state index in [4.69, 9.17) is 0 Å². The maximum Gasteiger partial charge on any atom is 0.288 e. The summed E-state index contributed by atoms with van der Waals surface area (Å²) in [7, 11) is 0. The first kappa shape index (κ1) is 15.5.